The summed E-state index contributed by atoms with van der Waals surface area (Å²) in [5, 5.41) is 6.66. The molecule has 0 aliphatic heterocycles. The molecular weight excluding hydrogens is 304 g/mol. The highest BCUT2D eigenvalue weighted by Gasteiger charge is 2.64. The Balaban J connectivity index is 2.03. The molecule has 0 amide bonds. The van der Waals surface area contributed by atoms with Crippen LogP contribution in [0.5, 0.6) is 0 Å². The number of hydrogen-bond acceptors (Lipinski definition) is 4. The molecule has 106 valence electrons. The van der Waals surface area contributed by atoms with Gasteiger partial charge < -0.3 is 10.6 Å². The van der Waals surface area contributed by atoms with E-state index in [2.05, 4.69) is 71.2 Å². The van der Waals surface area contributed by atoms with Gasteiger partial charge in [0, 0.05) is 13.1 Å². The Bertz CT molecular complexity index is 457. The smallest absolute Gasteiger partial charge is 0.145 e. The summed E-state index contributed by atoms with van der Waals surface area (Å²) in [5.41, 5.74) is 0.786. The van der Waals surface area contributed by atoms with Crippen LogP contribution in [-0.2, 0) is 0 Å². The van der Waals surface area contributed by atoms with Crippen molar-refractivity contribution in [2.75, 3.05) is 23.7 Å². The van der Waals surface area contributed by atoms with Gasteiger partial charge in [0.25, 0.3) is 0 Å². The highest BCUT2D eigenvalue weighted by Crippen LogP contribution is 2.68. The van der Waals surface area contributed by atoms with Gasteiger partial charge in [0.2, 0.25) is 0 Å². The van der Waals surface area contributed by atoms with Crippen LogP contribution in [-0.4, -0.2) is 23.1 Å². The summed E-state index contributed by atoms with van der Waals surface area (Å²) in [5.74, 6) is 2.38. The number of aromatic nitrogens is 2. The third-order valence-corrected chi connectivity index (χ3v) is 5.68. The second kappa shape index (κ2) is 4.93. The van der Waals surface area contributed by atoms with E-state index in [0.717, 1.165) is 29.2 Å². The molecule has 1 saturated carbocycles. The molecule has 1 aliphatic carbocycles. The Labute approximate surface area is 123 Å². The molecule has 5 heteroatoms. The molecule has 0 bridgehead atoms. The lowest BCUT2D eigenvalue weighted by molar-refractivity contribution is 0.457. The third kappa shape index (κ3) is 2.45. The maximum Gasteiger partial charge on any atom is 0.145 e. The summed E-state index contributed by atoms with van der Waals surface area (Å²) in [7, 11) is 0. The highest BCUT2D eigenvalue weighted by molar-refractivity contribution is 9.10. The molecule has 0 spiro atoms. The van der Waals surface area contributed by atoms with Crippen molar-refractivity contribution < 1.29 is 0 Å². The van der Waals surface area contributed by atoms with Crippen molar-refractivity contribution in [3.05, 3.63) is 10.8 Å². The monoisotopic (exact) mass is 326 g/mol. The van der Waals surface area contributed by atoms with Gasteiger partial charge in [-0.05, 0) is 39.6 Å². The van der Waals surface area contributed by atoms with Crippen molar-refractivity contribution in [1.29, 1.82) is 0 Å². The minimum Gasteiger partial charge on any atom is -0.369 e. The van der Waals surface area contributed by atoms with Crippen LogP contribution in [0.25, 0.3) is 0 Å². The molecule has 1 aliphatic rings. The summed E-state index contributed by atoms with van der Waals surface area (Å²) < 4.78 is 0.910. The number of nitrogens with zero attached hydrogens (tertiary/aromatic N) is 2. The van der Waals surface area contributed by atoms with Crippen molar-refractivity contribution in [2.24, 2.45) is 16.7 Å². The Hall–Kier alpha value is -0.840. The summed E-state index contributed by atoms with van der Waals surface area (Å²) >= 11 is 3.56. The Kier molecular flexibility index (Phi) is 3.78. The minimum atomic E-state index is 0.393. The number of halogens is 1. The first-order chi connectivity index (χ1) is 8.82. The lowest BCUT2D eigenvalue weighted by atomic mass is 10.0. The lowest BCUT2D eigenvalue weighted by Gasteiger charge is -2.11. The van der Waals surface area contributed by atoms with Gasteiger partial charge in [-0.25, -0.2) is 9.97 Å². The standard InChI is InChI=1S/C14H23BrN4/c1-6-16-11-10(15)12(19-8-18-11)17-7-9-13(2,3)14(9,4)5/h8-9H,6-7H2,1-5H3,(H2,16,17,18,19). The molecule has 1 fully saturated rings. The molecule has 0 unspecified atom stereocenters. The molecule has 1 aromatic rings. The van der Waals surface area contributed by atoms with Gasteiger partial charge in [-0.2, -0.15) is 0 Å². The maximum absolute atomic E-state index is 4.31. The number of nitrogens with one attached hydrogen (secondary N) is 2. The van der Waals surface area contributed by atoms with Crippen molar-refractivity contribution >= 4 is 27.6 Å². The molecule has 1 heterocycles. The molecule has 4 nitrogen and oxygen atoms in total. The van der Waals surface area contributed by atoms with Gasteiger partial charge in [-0.3, -0.25) is 0 Å². The third-order valence-electron chi connectivity index (χ3n) is 4.93. The molecule has 0 saturated heterocycles. The predicted molar refractivity (Wildman–Crippen MR) is 83.4 cm³/mol. The molecule has 2 N–H and O–H groups in total. The lowest BCUT2D eigenvalue weighted by Crippen LogP contribution is -2.11. The minimum absolute atomic E-state index is 0.393. The topological polar surface area (TPSA) is 49.8 Å². The summed E-state index contributed by atoms with van der Waals surface area (Å²) in [4.78, 5) is 8.53. The van der Waals surface area contributed by atoms with Gasteiger partial charge in [-0.1, -0.05) is 27.7 Å². The molecule has 1 aromatic heterocycles. The zero-order valence-electron chi connectivity index (χ0n) is 12.3. The van der Waals surface area contributed by atoms with Crippen LogP contribution in [0.2, 0.25) is 0 Å². The predicted octanol–water partition coefficient (Wildman–Crippen LogP) is 3.77. The van der Waals surface area contributed by atoms with Gasteiger partial charge >= 0.3 is 0 Å². The molecule has 19 heavy (non-hydrogen) atoms. The fourth-order valence-electron chi connectivity index (χ4n) is 2.83. The van der Waals surface area contributed by atoms with Gasteiger partial charge in [-0.15, -0.1) is 0 Å². The van der Waals surface area contributed by atoms with E-state index < -0.39 is 0 Å². The Morgan fingerprint density at radius 1 is 1.11 bits per heavy atom. The van der Waals surface area contributed by atoms with E-state index in [4.69, 9.17) is 0 Å². The quantitative estimate of drug-likeness (QED) is 0.864. The fraction of sp³-hybridized carbons (Fsp3) is 0.714. The first-order valence-electron chi connectivity index (χ1n) is 6.80. The molecule has 0 atom stereocenters. The van der Waals surface area contributed by atoms with E-state index in [9.17, 15) is 0 Å². The first kappa shape index (κ1) is 14.6. The zero-order chi connectivity index (χ0) is 14.3. The average molecular weight is 327 g/mol. The van der Waals surface area contributed by atoms with Crippen molar-refractivity contribution in [1.82, 2.24) is 9.97 Å². The van der Waals surface area contributed by atoms with Crippen LogP contribution < -0.4 is 10.6 Å². The Morgan fingerprint density at radius 3 is 2.11 bits per heavy atom. The summed E-state index contributed by atoms with van der Waals surface area (Å²) in [6, 6.07) is 0. The van der Waals surface area contributed by atoms with E-state index in [1.54, 1.807) is 6.33 Å². The van der Waals surface area contributed by atoms with Crippen LogP contribution >= 0.6 is 15.9 Å². The second-order valence-electron chi connectivity index (χ2n) is 6.29. The van der Waals surface area contributed by atoms with Crippen LogP contribution in [0.3, 0.4) is 0 Å². The fourth-order valence-corrected chi connectivity index (χ4v) is 3.31. The van der Waals surface area contributed by atoms with E-state index in [-0.39, 0.29) is 0 Å². The number of hydrogen-bond donors (Lipinski definition) is 2. The van der Waals surface area contributed by atoms with Crippen LogP contribution in [0, 0.1) is 16.7 Å². The van der Waals surface area contributed by atoms with E-state index in [1.165, 1.54) is 0 Å². The van der Waals surface area contributed by atoms with E-state index in [1.807, 2.05) is 0 Å². The van der Waals surface area contributed by atoms with Crippen LogP contribution in [0.15, 0.2) is 10.8 Å². The number of rotatable bonds is 5. The van der Waals surface area contributed by atoms with Gasteiger partial charge in [0.1, 0.15) is 22.4 Å². The van der Waals surface area contributed by atoms with Gasteiger partial charge in [0.05, 0.1) is 0 Å². The van der Waals surface area contributed by atoms with E-state index in [0.29, 0.717) is 16.7 Å². The average Bonchev–Trinajstić information content (AvgIpc) is 2.72. The zero-order valence-corrected chi connectivity index (χ0v) is 13.9. The molecular formula is C14H23BrN4. The van der Waals surface area contributed by atoms with Crippen molar-refractivity contribution in [2.45, 2.75) is 34.6 Å². The largest absolute Gasteiger partial charge is 0.369 e. The van der Waals surface area contributed by atoms with Crippen LogP contribution in [0.4, 0.5) is 11.6 Å². The Morgan fingerprint density at radius 2 is 1.63 bits per heavy atom. The van der Waals surface area contributed by atoms with Gasteiger partial charge in [0.15, 0.2) is 0 Å². The molecule has 0 aromatic carbocycles. The SMILES string of the molecule is CCNc1ncnc(NCC2C(C)(C)C2(C)C)c1Br. The summed E-state index contributed by atoms with van der Waals surface area (Å²) in [6.45, 7) is 13.2. The number of anilines is 2. The normalized spacial score (nSPS) is 20.1. The maximum atomic E-state index is 4.31. The second-order valence-corrected chi connectivity index (χ2v) is 7.09. The highest BCUT2D eigenvalue weighted by atomic mass is 79.9. The van der Waals surface area contributed by atoms with E-state index >= 15 is 0 Å². The van der Waals surface area contributed by atoms with Crippen molar-refractivity contribution in [3.63, 3.8) is 0 Å². The first-order valence-corrected chi connectivity index (χ1v) is 7.60. The molecule has 2 rings (SSSR count). The van der Waals surface area contributed by atoms with Crippen molar-refractivity contribution in [3.8, 4) is 0 Å². The van der Waals surface area contributed by atoms with Crippen LogP contribution in [0.1, 0.15) is 34.6 Å². The molecule has 0 radical (unpaired) electrons. The summed E-state index contributed by atoms with van der Waals surface area (Å²) in [6.07, 6.45) is 1.59.